The van der Waals surface area contributed by atoms with Gasteiger partial charge in [-0.1, -0.05) is 23.3 Å². The van der Waals surface area contributed by atoms with Crippen molar-refractivity contribution in [3.05, 3.63) is 41.0 Å². The number of nitrogens with one attached hydrogen (secondary N) is 1. The van der Waals surface area contributed by atoms with Crippen LogP contribution in [-0.4, -0.2) is 22.8 Å². The second kappa shape index (κ2) is 6.47. The number of carboxylic acid groups (broad SMARTS) is 1. The Morgan fingerprint density at radius 2 is 1.68 bits per heavy atom. The summed E-state index contributed by atoms with van der Waals surface area (Å²) in [5.41, 5.74) is 3.34. The van der Waals surface area contributed by atoms with Crippen molar-refractivity contribution in [3.8, 4) is 0 Å². The molecule has 2 fully saturated rings. The number of carbonyl (C=O) groups is 3. The van der Waals surface area contributed by atoms with Gasteiger partial charge >= 0.3 is 5.97 Å². The monoisotopic (exact) mass is 341 g/mol. The van der Waals surface area contributed by atoms with Gasteiger partial charge in [0.25, 0.3) is 0 Å². The van der Waals surface area contributed by atoms with E-state index in [-0.39, 0.29) is 23.5 Å². The van der Waals surface area contributed by atoms with E-state index in [9.17, 15) is 19.5 Å². The van der Waals surface area contributed by atoms with Gasteiger partial charge in [0.05, 0.1) is 11.8 Å². The van der Waals surface area contributed by atoms with Gasteiger partial charge in [-0.05, 0) is 57.6 Å². The third-order valence-corrected chi connectivity index (χ3v) is 5.54. The van der Waals surface area contributed by atoms with E-state index in [0.29, 0.717) is 11.3 Å². The minimum absolute atomic E-state index is 0.00656. The minimum atomic E-state index is -0.899. The van der Waals surface area contributed by atoms with Crippen LogP contribution in [0.4, 0.5) is 5.69 Å². The van der Waals surface area contributed by atoms with Crippen molar-refractivity contribution in [1.82, 2.24) is 0 Å². The number of allylic oxidation sites excluding steroid dienone is 2. The molecule has 1 amide bonds. The number of aliphatic carboxylic acids is 1. The van der Waals surface area contributed by atoms with E-state index < -0.39 is 17.8 Å². The first-order valence-electron chi connectivity index (χ1n) is 8.63. The van der Waals surface area contributed by atoms with Gasteiger partial charge in [-0.3, -0.25) is 14.4 Å². The molecule has 2 aliphatic rings. The Labute approximate surface area is 147 Å². The first-order chi connectivity index (χ1) is 11.8. The average Bonchev–Trinajstić information content (AvgIpc) is 3.11. The van der Waals surface area contributed by atoms with Crippen molar-refractivity contribution in [2.75, 3.05) is 5.32 Å². The number of Topliss-reactive ketones (excluding diaryl/α,β-unsaturated/α-hetero) is 1. The molecule has 5 nitrogen and oxygen atoms in total. The third kappa shape index (κ3) is 2.99. The standard InChI is InChI=1S/C20H23NO4/c1-10(2)16-14-7-8-15(16)18(20(24)25)17(14)19(23)21-13-6-4-5-12(9-13)11(3)22/h4-6,9,14-15,17-18H,7-8H2,1-3H3,(H,21,23)(H,24,25)/t14-,15-,17+,18-/m0/s1. The molecule has 132 valence electrons. The smallest absolute Gasteiger partial charge is 0.307 e. The molecule has 3 rings (SSSR count). The molecule has 0 spiro atoms. The highest BCUT2D eigenvalue weighted by molar-refractivity contribution is 5.99. The molecule has 25 heavy (non-hydrogen) atoms. The Kier molecular flexibility index (Phi) is 4.50. The summed E-state index contributed by atoms with van der Waals surface area (Å²) in [6, 6.07) is 6.75. The van der Waals surface area contributed by atoms with Crippen LogP contribution >= 0.6 is 0 Å². The molecule has 2 saturated carbocycles. The third-order valence-electron chi connectivity index (χ3n) is 5.54. The van der Waals surface area contributed by atoms with Crippen molar-refractivity contribution >= 4 is 23.3 Å². The highest BCUT2D eigenvalue weighted by Crippen LogP contribution is 2.57. The molecule has 1 aromatic carbocycles. The molecule has 2 bridgehead atoms. The molecular formula is C20H23NO4. The summed E-state index contributed by atoms with van der Waals surface area (Å²) < 4.78 is 0. The van der Waals surface area contributed by atoms with Crippen molar-refractivity contribution in [2.24, 2.45) is 23.7 Å². The molecule has 0 aromatic heterocycles. The number of hydrogen-bond acceptors (Lipinski definition) is 3. The van der Waals surface area contributed by atoms with Gasteiger partial charge in [-0.25, -0.2) is 0 Å². The Morgan fingerprint density at radius 1 is 1.04 bits per heavy atom. The number of fused-ring (bicyclic) bond motifs is 2. The van der Waals surface area contributed by atoms with Crippen LogP contribution in [0, 0.1) is 23.7 Å². The van der Waals surface area contributed by atoms with Gasteiger partial charge in [0.1, 0.15) is 0 Å². The summed E-state index contributed by atoms with van der Waals surface area (Å²) in [6.07, 6.45) is 1.70. The van der Waals surface area contributed by atoms with Crippen LogP contribution in [0.15, 0.2) is 35.4 Å². The highest BCUT2D eigenvalue weighted by Gasteiger charge is 2.57. The molecule has 4 atom stereocenters. The SMILES string of the molecule is CC(=O)c1cccc(NC(=O)[C@H]2[C@@H](C(=O)O)[C@H]3CC[C@H]2C3=C(C)C)c1. The maximum Gasteiger partial charge on any atom is 0.307 e. The van der Waals surface area contributed by atoms with E-state index in [1.54, 1.807) is 24.3 Å². The number of ketones is 1. The summed E-state index contributed by atoms with van der Waals surface area (Å²) in [4.78, 5) is 36.2. The number of benzene rings is 1. The Balaban J connectivity index is 1.88. The first-order valence-corrected chi connectivity index (χ1v) is 8.63. The zero-order chi connectivity index (χ0) is 18.3. The Hall–Kier alpha value is -2.43. The van der Waals surface area contributed by atoms with E-state index in [2.05, 4.69) is 5.32 Å². The largest absolute Gasteiger partial charge is 0.481 e. The number of carbonyl (C=O) groups excluding carboxylic acids is 2. The van der Waals surface area contributed by atoms with E-state index in [1.807, 2.05) is 13.8 Å². The lowest BCUT2D eigenvalue weighted by Crippen LogP contribution is -2.37. The van der Waals surface area contributed by atoms with E-state index in [4.69, 9.17) is 0 Å². The summed E-state index contributed by atoms with van der Waals surface area (Å²) >= 11 is 0. The quantitative estimate of drug-likeness (QED) is 0.648. The zero-order valence-electron chi connectivity index (χ0n) is 14.7. The van der Waals surface area contributed by atoms with E-state index in [1.165, 1.54) is 6.92 Å². The summed E-state index contributed by atoms with van der Waals surface area (Å²) in [6.45, 7) is 5.46. The van der Waals surface area contributed by atoms with Crippen molar-refractivity contribution in [1.29, 1.82) is 0 Å². The molecule has 0 radical (unpaired) electrons. The Bertz CT molecular complexity index is 776. The van der Waals surface area contributed by atoms with Gasteiger partial charge < -0.3 is 10.4 Å². The van der Waals surface area contributed by atoms with E-state index in [0.717, 1.165) is 24.0 Å². The fraction of sp³-hybridized carbons (Fsp3) is 0.450. The number of amides is 1. The normalized spacial score (nSPS) is 27.2. The van der Waals surface area contributed by atoms with Crippen molar-refractivity contribution < 1.29 is 19.5 Å². The van der Waals surface area contributed by atoms with Gasteiger partial charge in [-0.2, -0.15) is 0 Å². The number of carboxylic acids is 1. The maximum absolute atomic E-state index is 12.9. The second-order valence-corrected chi connectivity index (χ2v) is 7.26. The summed E-state index contributed by atoms with van der Waals surface area (Å²) in [5, 5.41) is 12.5. The number of anilines is 1. The van der Waals surface area contributed by atoms with E-state index >= 15 is 0 Å². The number of hydrogen-bond donors (Lipinski definition) is 2. The lowest BCUT2D eigenvalue weighted by molar-refractivity contribution is -0.148. The molecule has 0 heterocycles. The predicted molar refractivity (Wildman–Crippen MR) is 94.3 cm³/mol. The first kappa shape index (κ1) is 17.4. The number of rotatable bonds is 4. The van der Waals surface area contributed by atoms with Crippen LogP contribution in [-0.2, 0) is 9.59 Å². The van der Waals surface area contributed by atoms with Gasteiger partial charge in [0, 0.05) is 11.3 Å². The molecule has 0 unspecified atom stereocenters. The summed E-state index contributed by atoms with van der Waals surface area (Å²) in [7, 11) is 0. The van der Waals surface area contributed by atoms with Crippen molar-refractivity contribution in [3.63, 3.8) is 0 Å². The van der Waals surface area contributed by atoms with Gasteiger partial charge in [-0.15, -0.1) is 0 Å². The van der Waals surface area contributed by atoms with Crippen LogP contribution in [0.1, 0.15) is 44.0 Å². The molecule has 1 aromatic rings. The second-order valence-electron chi connectivity index (χ2n) is 7.26. The zero-order valence-corrected chi connectivity index (χ0v) is 14.7. The molecule has 2 aliphatic carbocycles. The van der Waals surface area contributed by atoms with Crippen LogP contribution in [0.3, 0.4) is 0 Å². The fourth-order valence-corrected chi connectivity index (χ4v) is 4.65. The van der Waals surface area contributed by atoms with Crippen molar-refractivity contribution in [2.45, 2.75) is 33.6 Å². The lowest BCUT2D eigenvalue weighted by Gasteiger charge is -2.26. The van der Waals surface area contributed by atoms with Gasteiger partial charge in [0.2, 0.25) is 5.91 Å². The average molecular weight is 341 g/mol. The fourth-order valence-electron chi connectivity index (χ4n) is 4.65. The molecule has 5 heteroatoms. The van der Waals surface area contributed by atoms with Crippen LogP contribution < -0.4 is 5.32 Å². The lowest BCUT2D eigenvalue weighted by atomic mass is 9.78. The van der Waals surface area contributed by atoms with Gasteiger partial charge in [0.15, 0.2) is 5.78 Å². The Morgan fingerprint density at radius 3 is 2.24 bits per heavy atom. The van der Waals surface area contributed by atoms with Crippen LogP contribution in [0.2, 0.25) is 0 Å². The minimum Gasteiger partial charge on any atom is -0.481 e. The molecule has 0 aliphatic heterocycles. The topological polar surface area (TPSA) is 83.5 Å². The molecule has 2 N–H and O–H groups in total. The predicted octanol–water partition coefficient (Wildman–Crippen LogP) is 3.52. The molecule has 0 saturated heterocycles. The molecular weight excluding hydrogens is 318 g/mol. The van der Waals surface area contributed by atoms with Crippen LogP contribution in [0.25, 0.3) is 0 Å². The summed E-state index contributed by atoms with van der Waals surface area (Å²) in [5.74, 6) is -2.49. The van der Waals surface area contributed by atoms with Crippen LogP contribution in [0.5, 0.6) is 0 Å². The highest BCUT2D eigenvalue weighted by atomic mass is 16.4. The maximum atomic E-state index is 12.9.